The lowest BCUT2D eigenvalue weighted by Gasteiger charge is -2.44. The van der Waals surface area contributed by atoms with Crippen molar-refractivity contribution in [3.63, 3.8) is 0 Å². The predicted molar refractivity (Wildman–Crippen MR) is 190 cm³/mol. The van der Waals surface area contributed by atoms with Crippen molar-refractivity contribution in [2.45, 2.75) is 26.2 Å². The van der Waals surface area contributed by atoms with Gasteiger partial charge in [-0.05, 0) is 88.6 Å². The summed E-state index contributed by atoms with van der Waals surface area (Å²) in [5, 5.41) is 2.67. The number of allylic oxidation sites excluding steroid dienone is 9. The SMILES string of the molecule is CCC1C2=C(C=CCC2)C2C=CC=CC2C1/C=C(\N)c1cccc(-c2cccc(-c3cccc4c3sc3ccccc34)c2)c1. The molecule has 1 nitrogen and oxygen atoms in total. The van der Waals surface area contributed by atoms with Crippen LogP contribution >= 0.6 is 11.3 Å². The maximum atomic E-state index is 6.99. The Morgan fingerprint density at radius 3 is 2.52 bits per heavy atom. The van der Waals surface area contributed by atoms with Crippen LogP contribution in [0.4, 0.5) is 0 Å². The Balaban J connectivity index is 1.15. The number of thiophene rings is 1. The zero-order valence-electron chi connectivity index (χ0n) is 25.1. The fourth-order valence-electron chi connectivity index (χ4n) is 8.00. The minimum atomic E-state index is 0.394. The molecule has 0 saturated heterocycles. The van der Waals surface area contributed by atoms with Crippen molar-refractivity contribution in [3.8, 4) is 22.3 Å². The lowest BCUT2D eigenvalue weighted by molar-refractivity contribution is 0.277. The molecule has 0 saturated carbocycles. The summed E-state index contributed by atoms with van der Waals surface area (Å²) in [5.41, 5.74) is 17.1. The standard InChI is InChI=1S/C42H37NS/c1-2-31-33-16-3-4-17-34(33)35-18-5-6-19-36(35)39(31)26-40(43)30-15-10-13-28(25-30)27-12-9-14-29(24-27)32-21-11-22-38-37-20-7-8-23-41(37)44-42(32)38/h4-15,17-26,31,35-36,39H,2-3,16,43H2,1H3/b40-26-. The first kappa shape index (κ1) is 27.2. The summed E-state index contributed by atoms with van der Waals surface area (Å²) in [6, 6.07) is 33.2. The second kappa shape index (κ2) is 11.3. The lowest BCUT2D eigenvalue weighted by atomic mass is 9.60. The molecule has 0 bridgehead atoms. The number of hydrogen-bond acceptors (Lipinski definition) is 2. The molecule has 2 heteroatoms. The maximum Gasteiger partial charge on any atom is 0.0433 e. The summed E-state index contributed by atoms with van der Waals surface area (Å²) in [4.78, 5) is 0. The number of hydrogen-bond donors (Lipinski definition) is 1. The van der Waals surface area contributed by atoms with E-state index in [0.717, 1.165) is 24.1 Å². The molecule has 216 valence electrons. The molecule has 4 aromatic carbocycles. The van der Waals surface area contributed by atoms with Gasteiger partial charge in [-0.25, -0.2) is 0 Å². The van der Waals surface area contributed by atoms with E-state index in [9.17, 15) is 0 Å². The van der Waals surface area contributed by atoms with Gasteiger partial charge in [0, 0.05) is 31.8 Å². The molecule has 0 spiro atoms. The van der Waals surface area contributed by atoms with Crippen molar-refractivity contribution in [2.24, 2.45) is 29.4 Å². The summed E-state index contributed by atoms with van der Waals surface area (Å²) >= 11 is 1.88. The normalized spacial score (nSPS) is 22.9. The molecule has 0 amide bonds. The van der Waals surface area contributed by atoms with Gasteiger partial charge in [0.25, 0.3) is 0 Å². The van der Waals surface area contributed by atoms with Crippen LogP contribution in [0.3, 0.4) is 0 Å². The predicted octanol–water partition coefficient (Wildman–Crippen LogP) is 11.3. The highest BCUT2D eigenvalue weighted by Crippen LogP contribution is 2.50. The Bertz CT molecular complexity index is 2050. The summed E-state index contributed by atoms with van der Waals surface area (Å²) in [6.07, 6.45) is 19.9. The van der Waals surface area contributed by atoms with Gasteiger partial charge < -0.3 is 5.73 Å². The third-order valence-electron chi connectivity index (χ3n) is 10.1. The van der Waals surface area contributed by atoms with Gasteiger partial charge in [0.2, 0.25) is 0 Å². The quantitative estimate of drug-likeness (QED) is 0.217. The average Bonchev–Trinajstić information content (AvgIpc) is 3.47. The topological polar surface area (TPSA) is 26.0 Å². The number of rotatable bonds is 5. The van der Waals surface area contributed by atoms with Gasteiger partial charge in [0.1, 0.15) is 0 Å². The molecule has 44 heavy (non-hydrogen) atoms. The van der Waals surface area contributed by atoms with Gasteiger partial charge in [0.05, 0.1) is 0 Å². The molecule has 3 aliphatic carbocycles. The van der Waals surface area contributed by atoms with Crippen LogP contribution < -0.4 is 5.73 Å². The highest BCUT2D eigenvalue weighted by Gasteiger charge is 2.40. The van der Waals surface area contributed by atoms with E-state index in [4.69, 9.17) is 5.73 Å². The fourth-order valence-corrected chi connectivity index (χ4v) is 9.24. The van der Waals surface area contributed by atoms with E-state index < -0.39 is 0 Å². The molecule has 1 heterocycles. The molecule has 4 atom stereocenters. The van der Waals surface area contributed by atoms with E-state index in [0.29, 0.717) is 23.7 Å². The summed E-state index contributed by atoms with van der Waals surface area (Å²) in [7, 11) is 0. The number of benzene rings is 4. The van der Waals surface area contributed by atoms with E-state index in [-0.39, 0.29) is 0 Å². The monoisotopic (exact) mass is 587 g/mol. The number of fused-ring (bicyclic) bond motifs is 5. The minimum absolute atomic E-state index is 0.394. The molecule has 5 aromatic rings. The van der Waals surface area contributed by atoms with Crippen LogP contribution in [-0.4, -0.2) is 0 Å². The van der Waals surface area contributed by atoms with Crippen molar-refractivity contribution in [1.82, 2.24) is 0 Å². The fraction of sp³-hybridized carbons (Fsp3) is 0.190. The molecule has 0 fully saturated rings. The van der Waals surface area contributed by atoms with Gasteiger partial charge in [-0.2, -0.15) is 0 Å². The zero-order valence-corrected chi connectivity index (χ0v) is 25.9. The van der Waals surface area contributed by atoms with Gasteiger partial charge in [0.15, 0.2) is 0 Å². The molecule has 0 aliphatic heterocycles. The Morgan fingerprint density at radius 1 is 0.841 bits per heavy atom. The second-order valence-electron chi connectivity index (χ2n) is 12.5. The lowest BCUT2D eigenvalue weighted by Crippen LogP contribution is -2.35. The Labute approximate surface area is 264 Å². The first-order valence-corrected chi connectivity index (χ1v) is 16.8. The average molecular weight is 588 g/mol. The van der Waals surface area contributed by atoms with Crippen LogP contribution in [0.2, 0.25) is 0 Å². The molecular formula is C42H37NS. The molecule has 1 aromatic heterocycles. The largest absolute Gasteiger partial charge is 0.398 e. The first-order chi connectivity index (χ1) is 21.7. The van der Waals surface area contributed by atoms with Crippen molar-refractivity contribution in [1.29, 1.82) is 0 Å². The van der Waals surface area contributed by atoms with Crippen molar-refractivity contribution in [2.75, 3.05) is 0 Å². The second-order valence-corrected chi connectivity index (χ2v) is 13.5. The summed E-state index contributed by atoms with van der Waals surface area (Å²) in [5.74, 6) is 1.82. The summed E-state index contributed by atoms with van der Waals surface area (Å²) < 4.78 is 2.68. The molecule has 0 radical (unpaired) electrons. The smallest absolute Gasteiger partial charge is 0.0433 e. The van der Waals surface area contributed by atoms with Crippen LogP contribution in [0.5, 0.6) is 0 Å². The first-order valence-electron chi connectivity index (χ1n) is 16.0. The molecule has 3 aliphatic rings. The third kappa shape index (κ3) is 4.60. The van der Waals surface area contributed by atoms with E-state index in [1.54, 1.807) is 11.1 Å². The molecule has 4 unspecified atom stereocenters. The Kier molecular flexibility index (Phi) is 6.96. The van der Waals surface area contributed by atoms with Crippen LogP contribution in [0, 0.1) is 23.7 Å². The zero-order chi connectivity index (χ0) is 29.6. The van der Waals surface area contributed by atoms with Gasteiger partial charge in [-0.15, -0.1) is 11.3 Å². The van der Waals surface area contributed by atoms with Crippen molar-refractivity contribution >= 4 is 37.2 Å². The van der Waals surface area contributed by atoms with Gasteiger partial charge in [-0.1, -0.05) is 128 Å². The van der Waals surface area contributed by atoms with Crippen LogP contribution in [0.25, 0.3) is 48.1 Å². The summed E-state index contributed by atoms with van der Waals surface area (Å²) in [6.45, 7) is 2.35. The highest BCUT2D eigenvalue weighted by molar-refractivity contribution is 7.26. The Hall–Kier alpha value is -4.40. The van der Waals surface area contributed by atoms with Crippen molar-refractivity contribution in [3.05, 3.63) is 150 Å². The van der Waals surface area contributed by atoms with Crippen molar-refractivity contribution < 1.29 is 0 Å². The molecule has 8 rings (SSSR count). The maximum absolute atomic E-state index is 6.99. The Morgan fingerprint density at radius 2 is 1.61 bits per heavy atom. The number of nitrogens with two attached hydrogens (primary N) is 1. The van der Waals surface area contributed by atoms with Gasteiger partial charge in [-0.3, -0.25) is 0 Å². The molecule has 2 N–H and O–H groups in total. The van der Waals surface area contributed by atoms with E-state index in [1.807, 2.05) is 11.3 Å². The van der Waals surface area contributed by atoms with E-state index >= 15 is 0 Å². The third-order valence-corrected chi connectivity index (χ3v) is 11.3. The highest BCUT2D eigenvalue weighted by atomic mass is 32.1. The van der Waals surface area contributed by atoms with E-state index in [1.165, 1.54) is 48.8 Å². The molecular weight excluding hydrogens is 551 g/mol. The van der Waals surface area contributed by atoms with Crippen LogP contribution in [-0.2, 0) is 0 Å². The minimum Gasteiger partial charge on any atom is -0.398 e. The van der Waals surface area contributed by atoms with Crippen LogP contribution in [0.15, 0.2) is 145 Å². The van der Waals surface area contributed by atoms with Gasteiger partial charge >= 0.3 is 0 Å². The van der Waals surface area contributed by atoms with Crippen LogP contribution in [0.1, 0.15) is 31.7 Å². The van der Waals surface area contributed by atoms with E-state index in [2.05, 4.69) is 140 Å².